The van der Waals surface area contributed by atoms with Crippen molar-refractivity contribution in [1.82, 2.24) is 14.9 Å². The van der Waals surface area contributed by atoms with Gasteiger partial charge in [-0.15, -0.1) is 0 Å². The number of nitrogens with one attached hydrogen (secondary N) is 1. The van der Waals surface area contributed by atoms with Crippen molar-refractivity contribution in [3.63, 3.8) is 0 Å². The molecule has 160 valence electrons. The summed E-state index contributed by atoms with van der Waals surface area (Å²) in [5, 5.41) is 3.11. The summed E-state index contributed by atoms with van der Waals surface area (Å²) in [5.74, 6) is -0.823. The fourth-order valence-corrected chi connectivity index (χ4v) is 3.85. The zero-order chi connectivity index (χ0) is 22.0. The van der Waals surface area contributed by atoms with Gasteiger partial charge in [-0.05, 0) is 43.8 Å². The first-order chi connectivity index (χ1) is 14.9. The normalized spacial score (nSPS) is 14.5. The second-order valence-corrected chi connectivity index (χ2v) is 8.02. The van der Waals surface area contributed by atoms with Crippen molar-refractivity contribution in [1.29, 1.82) is 0 Å². The highest BCUT2D eigenvalue weighted by Crippen LogP contribution is 2.33. The molecular weight excluding hydrogens is 417 g/mol. The van der Waals surface area contributed by atoms with Crippen molar-refractivity contribution < 1.29 is 9.18 Å². The molecule has 1 N–H and O–H groups in total. The van der Waals surface area contributed by atoms with Gasteiger partial charge in [0.15, 0.2) is 0 Å². The van der Waals surface area contributed by atoms with Crippen molar-refractivity contribution in [2.45, 2.75) is 6.92 Å². The first kappa shape index (κ1) is 21.2. The number of amides is 1. The number of hydrogen-bond acceptors (Lipinski definition) is 5. The van der Waals surface area contributed by atoms with Crippen LogP contribution < -0.4 is 10.2 Å². The third kappa shape index (κ3) is 4.52. The molecule has 0 bridgehead atoms. The van der Waals surface area contributed by atoms with Crippen LogP contribution in [-0.4, -0.2) is 54.0 Å². The van der Waals surface area contributed by atoms with E-state index >= 15 is 0 Å². The highest BCUT2D eigenvalue weighted by molar-refractivity contribution is 6.35. The van der Waals surface area contributed by atoms with Crippen LogP contribution in [0.25, 0.3) is 11.1 Å². The molecule has 0 aliphatic carbocycles. The van der Waals surface area contributed by atoms with E-state index < -0.39 is 5.82 Å². The molecule has 1 fully saturated rings. The van der Waals surface area contributed by atoms with Gasteiger partial charge in [-0.25, -0.2) is 14.4 Å². The van der Waals surface area contributed by atoms with E-state index in [4.69, 9.17) is 11.6 Å². The third-order valence-electron chi connectivity index (χ3n) is 5.55. The summed E-state index contributed by atoms with van der Waals surface area (Å²) in [6.07, 6.45) is 4.93. The number of benzene rings is 2. The predicted molar refractivity (Wildman–Crippen MR) is 121 cm³/mol. The van der Waals surface area contributed by atoms with Crippen LogP contribution in [0.4, 0.5) is 15.8 Å². The van der Waals surface area contributed by atoms with Crippen molar-refractivity contribution >= 4 is 28.9 Å². The number of anilines is 2. The van der Waals surface area contributed by atoms with Crippen LogP contribution in [0, 0.1) is 12.7 Å². The predicted octanol–water partition coefficient (Wildman–Crippen LogP) is 4.25. The number of carbonyl (C=O) groups is 1. The molecule has 1 aromatic heterocycles. The molecule has 0 radical (unpaired) electrons. The van der Waals surface area contributed by atoms with Gasteiger partial charge in [0.05, 0.1) is 22.0 Å². The van der Waals surface area contributed by atoms with E-state index in [-0.39, 0.29) is 22.1 Å². The van der Waals surface area contributed by atoms with Crippen molar-refractivity contribution in [3.8, 4) is 11.1 Å². The molecule has 31 heavy (non-hydrogen) atoms. The van der Waals surface area contributed by atoms with Crippen LogP contribution in [0.1, 0.15) is 15.9 Å². The van der Waals surface area contributed by atoms with Crippen molar-refractivity contribution in [3.05, 3.63) is 71.0 Å². The van der Waals surface area contributed by atoms with Gasteiger partial charge in [0.25, 0.3) is 5.91 Å². The van der Waals surface area contributed by atoms with Gasteiger partial charge in [0.1, 0.15) is 12.1 Å². The van der Waals surface area contributed by atoms with E-state index in [2.05, 4.69) is 32.1 Å². The highest BCUT2D eigenvalue weighted by Gasteiger charge is 2.21. The molecule has 0 spiro atoms. The maximum absolute atomic E-state index is 13.8. The lowest BCUT2D eigenvalue weighted by Gasteiger charge is -2.35. The van der Waals surface area contributed by atoms with Gasteiger partial charge in [0.2, 0.25) is 0 Å². The maximum atomic E-state index is 13.8. The van der Waals surface area contributed by atoms with Crippen LogP contribution in [0.3, 0.4) is 0 Å². The third-order valence-corrected chi connectivity index (χ3v) is 6.03. The number of piperazine rings is 1. The summed E-state index contributed by atoms with van der Waals surface area (Å²) >= 11 is 6.26. The minimum Gasteiger partial charge on any atom is -0.367 e. The van der Waals surface area contributed by atoms with Crippen LogP contribution in [0.5, 0.6) is 0 Å². The molecule has 1 amide bonds. The Hall–Kier alpha value is -3.03. The Labute approximate surface area is 185 Å². The van der Waals surface area contributed by atoms with Crippen LogP contribution >= 0.6 is 11.6 Å². The smallest absolute Gasteiger partial charge is 0.257 e. The number of hydrogen-bond donors (Lipinski definition) is 1. The van der Waals surface area contributed by atoms with E-state index in [0.717, 1.165) is 43.0 Å². The van der Waals surface area contributed by atoms with Gasteiger partial charge < -0.3 is 15.1 Å². The SMILES string of the molecule is Cc1c(F)ccc(C(=O)Nc2cc(-c3cncnc3)ccc2N2CCN(C)CC2)c1Cl. The molecule has 6 nitrogen and oxygen atoms in total. The summed E-state index contributed by atoms with van der Waals surface area (Å²) in [7, 11) is 2.09. The highest BCUT2D eigenvalue weighted by atomic mass is 35.5. The molecule has 8 heteroatoms. The van der Waals surface area contributed by atoms with E-state index in [1.165, 1.54) is 18.5 Å². The zero-order valence-electron chi connectivity index (χ0n) is 17.4. The summed E-state index contributed by atoms with van der Waals surface area (Å²) in [4.78, 5) is 25.7. The number of aromatic nitrogens is 2. The summed E-state index contributed by atoms with van der Waals surface area (Å²) < 4.78 is 13.8. The number of likely N-dealkylation sites (N-methyl/N-ethyl adjacent to an activating group) is 1. The molecule has 1 aliphatic heterocycles. The quantitative estimate of drug-likeness (QED) is 0.658. The fraction of sp³-hybridized carbons (Fsp3) is 0.261. The second kappa shape index (κ2) is 8.99. The van der Waals surface area contributed by atoms with Crippen molar-refractivity contribution in [2.24, 2.45) is 0 Å². The molecular formula is C23H23ClFN5O. The second-order valence-electron chi connectivity index (χ2n) is 7.64. The lowest BCUT2D eigenvalue weighted by Crippen LogP contribution is -2.44. The van der Waals surface area contributed by atoms with Crippen LogP contribution in [0.2, 0.25) is 5.02 Å². The Morgan fingerprint density at radius 2 is 1.77 bits per heavy atom. The summed E-state index contributed by atoms with van der Waals surface area (Å²) in [5.41, 5.74) is 3.81. The van der Waals surface area contributed by atoms with E-state index in [0.29, 0.717) is 5.69 Å². The fourth-order valence-electron chi connectivity index (χ4n) is 3.61. The maximum Gasteiger partial charge on any atom is 0.257 e. The Morgan fingerprint density at radius 3 is 2.48 bits per heavy atom. The lowest BCUT2D eigenvalue weighted by molar-refractivity contribution is 0.102. The average molecular weight is 440 g/mol. The van der Waals surface area contributed by atoms with E-state index in [1.807, 2.05) is 18.2 Å². The Bertz CT molecular complexity index is 1100. The van der Waals surface area contributed by atoms with Crippen LogP contribution in [0.15, 0.2) is 49.1 Å². The molecule has 4 rings (SSSR count). The molecule has 0 atom stereocenters. The molecule has 1 aliphatic rings. The lowest BCUT2D eigenvalue weighted by atomic mass is 10.1. The van der Waals surface area contributed by atoms with E-state index in [9.17, 15) is 9.18 Å². The molecule has 2 heterocycles. The minimum atomic E-state index is -0.439. The molecule has 0 saturated carbocycles. The first-order valence-corrected chi connectivity index (χ1v) is 10.4. The van der Waals surface area contributed by atoms with Gasteiger partial charge in [-0.2, -0.15) is 0 Å². The van der Waals surface area contributed by atoms with Gasteiger partial charge >= 0.3 is 0 Å². The number of halogens is 2. The standard InChI is InChI=1S/C23H23ClFN5O/c1-15-19(25)5-4-18(22(15)24)23(31)28-20-11-16(17-12-26-14-27-13-17)3-6-21(20)30-9-7-29(2)8-10-30/h3-6,11-14H,7-10H2,1-2H3,(H,28,31). The summed E-state index contributed by atoms with van der Waals surface area (Å²) in [6.45, 7) is 5.13. The van der Waals surface area contributed by atoms with Crippen molar-refractivity contribution in [2.75, 3.05) is 43.4 Å². The molecule has 0 unspecified atom stereocenters. The largest absolute Gasteiger partial charge is 0.367 e. The number of rotatable bonds is 4. The number of nitrogens with zero attached hydrogens (tertiary/aromatic N) is 4. The van der Waals surface area contributed by atoms with E-state index in [1.54, 1.807) is 19.3 Å². The Balaban J connectivity index is 1.71. The minimum absolute atomic E-state index is 0.117. The molecule has 3 aromatic rings. The monoisotopic (exact) mass is 439 g/mol. The average Bonchev–Trinajstić information content (AvgIpc) is 2.79. The van der Waals surface area contributed by atoms with Gasteiger partial charge in [-0.1, -0.05) is 17.7 Å². The molecule has 2 aromatic carbocycles. The molecule has 1 saturated heterocycles. The topological polar surface area (TPSA) is 61.4 Å². The summed E-state index contributed by atoms with van der Waals surface area (Å²) in [6, 6.07) is 8.58. The van der Waals surface area contributed by atoms with Crippen LogP contribution in [-0.2, 0) is 0 Å². The number of carbonyl (C=O) groups excluding carboxylic acids is 1. The Morgan fingerprint density at radius 1 is 1.06 bits per heavy atom. The Kier molecular flexibility index (Phi) is 6.15. The first-order valence-electron chi connectivity index (χ1n) is 10.0. The van der Waals surface area contributed by atoms with Gasteiger partial charge in [-0.3, -0.25) is 4.79 Å². The zero-order valence-corrected chi connectivity index (χ0v) is 18.2. The van der Waals surface area contributed by atoms with Gasteiger partial charge in [0, 0.05) is 49.7 Å².